The van der Waals surface area contributed by atoms with E-state index < -0.39 is 11.8 Å². The molecule has 8 heteroatoms. The molecule has 0 atom stereocenters. The maximum atomic E-state index is 12.2. The van der Waals surface area contributed by atoms with E-state index in [4.69, 9.17) is 14.7 Å². The van der Waals surface area contributed by atoms with Gasteiger partial charge in [-0.25, -0.2) is 10.9 Å². The van der Waals surface area contributed by atoms with E-state index in [0.717, 1.165) is 11.6 Å². The van der Waals surface area contributed by atoms with E-state index in [0.29, 0.717) is 22.6 Å². The molecule has 0 aliphatic carbocycles. The summed E-state index contributed by atoms with van der Waals surface area (Å²) in [6.07, 6.45) is 4.09. The number of carbonyl (C=O) groups excluding carboxylic acids is 2. The zero-order chi connectivity index (χ0) is 19.6. The second-order valence-corrected chi connectivity index (χ2v) is 5.25. The Morgan fingerprint density at radius 1 is 1.04 bits per heavy atom. The molecule has 0 heterocycles. The van der Waals surface area contributed by atoms with Gasteiger partial charge in [0, 0.05) is 11.6 Å². The van der Waals surface area contributed by atoms with Crippen molar-refractivity contribution in [3.05, 3.63) is 65.2 Å². The molecule has 0 radical (unpaired) electrons. The van der Waals surface area contributed by atoms with Crippen LogP contribution in [0.3, 0.4) is 0 Å². The summed E-state index contributed by atoms with van der Waals surface area (Å²) >= 11 is 0. The number of rotatable bonds is 7. The molecule has 2 aromatic rings. The summed E-state index contributed by atoms with van der Waals surface area (Å²) in [7, 11) is 3.08. The van der Waals surface area contributed by atoms with Crippen molar-refractivity contribution >= 4 is 24.1 Å². The summed E-state index contributed by atoms with van der Waals surface area (Å²) in [6, 6.07) is 11.8. The number of hydrogen-bond acceptors (Lipinski definition) is 6. The third kappa shape index (κ3) is 5.68. The minimum Gasteiger partial charge on any atom is -0.493 e. The summed E-state index contributed by atoms with van der Waals surface area (Å²) in [5.41, 5.74) is 5.63. The van der Waals surface area contributed by atoms with E-state index in [1.807, 2.05) is 0 Å². The molecule has 2 amide bonds. The predicted molar refractivity (Wildman–Crippen MR) is 100 cm³/mol. The third-order valence-electron chi connectivity index (χ3n) is 3.47. The first-order valence-electron chi connectivity index (χ1n) is 7.85. The molecule has 0 saturated heterocycles. The SMILES string of the molecule is COc1ccc(/C=N/NC(=O)c2cccc(/C=C/C(=O)NO)c2)cc1OC. The molecule has 0 fully saturated rings. The quantitative estimate of drug-likeness (QED) is 0.299. The molecule has 140 valence electrons. The molecule has 27 heavy (non-hydrogen) atoms. The van der Waals surface area contributed by atoms with Gasteiger partial charge in [0.15, 0.2) is 11.5 Å². The summed E-state index contributed by atoms with van der Waals surface area (Å²) in [4.78, 5) is 23.2. The molecule has 0 spiro atoms. The van der Waals surface area contributed by atoms with Crippen LogP contribution in [0.2, 0.25) is 0 Å². The van der Waals surface area contributed by atoms with Crippen LogP contribution in [-0.2, 0) is 4.79 Å². The van der Waals surface area contributed by atoms with Crippen LogP contribution in [0.15, 0.2) is 53.6 Å². The largest absolute Gasteiger partial charge is 0.493 e. The number of nitrogens with one attached hydrogen (secondary N) is 2. The Morgan fingerprint density at radius 2 is 1.81 bits per heavy atom. The van der Waals surface area contributed by atoms with E-state index in [2.05, 4.69) is 10.5 Å². The number of amides is 2. The highest BCUT2D eigenvalue weighted by Crippen LogP contribution is 2.26. The lowest BCUT2D eigenvalue weighted by molar-refractivity contribution is -0.124. The smallest absolute Gasteiger partial charge is 0.271 e. The summed E-state index contributed by atoms with van der Waals surface area (Å²) in [6.45, 7) is 0. The fourth-order valence-corrected chi connectivity index (χ4v) is 2.16. The van der Waals surface area contributed by atoms with Crippen molar-refractivity contribution in [1.29, 1.82) is 0 Å². The van der Waals surface area contributed by atoms with Crippen molar-refractivity contribution in [3.8, 4) is 11.5 Å². The molecule has 3 N–H and O–H groups in total. The Kier molecular flexibility index (Phi) is 7.09. The van der Waals surface area contributed by atoms with Gasteiger partial charge >= 0.3 is 0 Å². The zero-order valence-electron chi connectivity index (χ0n) is 14.8. The Hall–Kier alpha value is -3.65. The van der Waals surface area contributed by atoms with Gasteiger partial charge in [0.25, 0.3) is 11.8 Å². The van der Waals surface area contributed by atoms with Crippen molar-refractivity contribution in [1.82, 2.24) is 10.9 Å². The van der Waals surface area contributed by atoms with Crippen LogP contribution < -0.4 is 20.4 Å². The average Bonchev–Trinajstić information content (AvgIpc) is 2.71. The van der Waals surface area contributed by atoms with E-state index in [1.165, 1.54) is 24.9 Å². The lowest BCUT2D eigenvalue weighted by atomic mass is 10.1. The molecule has 2 aromatic carbocycles. The third-order valence-corrected chi connectivity index (χ3v) is 3.47. The molecule has 0 aliphatic heterocycles. The Labute approximate surface area is 156 Å². The van der Waals surface area contributed by atoms with Crippen LogP contribution in [0.1, 0.15) is 21.5 Å². The molecule has 2 rings (SSSR count). The molecule has 0 bridgehead atoms. The number of hydrogen-bond donors (Lipinski definition) is 3. The Morgan fingerprint density at radius 3 is 2.52 bits per heavy atom. The lowest BCUT2D eigenvalue weighted by Gasteiger charge is -2.07. The van der Waals surface area contributed by atoms with Crippen molar-refractivity contribution in [2.24, 2.45) is 5.10 Å². The second-order valence-electron chi connectivity index (χ2n) is 5.25. The van der Waals surface area contributed by atoms with Gasteiger partial charge in [-0.2, -0.15) is 5.10 Å². The van der Waals surface area contributed by atoms with Crippen LogP contribution in [0.25, 0.3) is 6.08 Å². The van der Waals surface area contributed by atoms with Crippen molar-refractivity contribution < 1.29 is 24.3 Å². The molecule has 0 unspecified atom stereocenters. The molecule has 0 saturated carbocycles. The molecule has 0 aliphatic rings. The maximum Gasteiger partial charge on any atom is 0.271 e. The minimum atomic E-state index is -0.663. The van der Waals surface area contributed by atoms with Gasteiger partial charge in [0.05, 0.1) is 20.4 Å². The number of carbonyl (C=O) groups is 2. The second kappa shape index (κ2) is 9.73. The van der Waals surface area contributed by atoms with Gasteiger partial charge in [-0.1, -0.05) is 12.1 Å². The highest BCUT2D eigenvalue weighted by Gasteiger charge is 2.05. The monoisotopic (exact) mass is 369 g/mol. The number of nitrogens with zero attached hydrogens (tertiary/aromatic N) is 1. The fraction of sp³-hybridized carbons (Fsp3) is 0.105. The number of ether oxygens (including phenoxy) is 2. The summed E-state index contributed by atoms with van der Waals surface area (Å²) in [5.74, 6) is 0.0792. The first-order valence-corrected chi connectivity index (χ1v) is 7.85. The van der Waals surface area contributed by atoms with Crippen LogP contribution in [-0.4, -0.2) is 37.5 Å². The van der Waals surface area contributed by atoms with E-state index in [9.17, 15) is 9.59 Å². The fourth-order valence-electron chi connectivity index (χ4n) is 2.16. The standard InChI is InChI=1S/C19H19N3O5/c1-26-16-8-6-14(11-17(16)27-2)12-20-21-19(24)15-5-3-4-13(10-15)7-9-18(23)22-25/h3-12,25H,1-2H3,(H,21,24)(H,22,23)/b9-7+,20-12+. The van der Waals surface area contributed by atoms with Crippen molar-refractivity contribution in [3.63, 3.8) is 0 Å². The highest BCUT2D eigenvalue weighted by atomic mass is 16.5. The number of hydroxylamine groups is 1. The van der Waals surface area contributed by atoms with Gasteiger partial charge in [0.2, 0.25) is 0 Å². The number of methoxy groups -OCH3 is 2. The lowest BCUT2D eigenvalue weighted by Crippen LogP contribution is -2.17. The molecule has 0 aromatic heterocycles. The van der Waals surface area contributed by atoms with E-state index >= 15 is 0 Å². The van der Waals surface area contributed by atoms with E-state index in [-0.39, 0.29) is 0 Å². The Bertz CT molecular complexity index is 877. The number of hydrazone groups is 1. The van der Waals surface area contributed by atoms with Gasteiger partial charge in [0.1, 0.15) is 0 Å². The van der Waals surface area contributed by atoms with Crippen LogP contribution >= 0.6 is 0 Å². The van der Waals surface area contributed by atoms with Gasteiger partial charge in [-0.15, -0.1) is 0 Å². The zero-order valence-corrected chi connectivity index (χ0v) is 14.8. The highest BCUT2D eigenvalue weighted by molar-refractivity contribution is 5.96. The van der Waals surface area contributed by atoms with Crippen molar-refractivity contribution in [2.75, 3.05) is 14.2 Å². The average molecular weight is 369 g/mol. The number of benzene rings is 2. The Balaban J connectivity index is 2.04. The van der Waals surface area contributed by atoms with Gasteiger partial charge in [-0.05, 0) is 47.5 Å². The summed E-state index contributed by atoms with van der Waals surface area (Å²) < 4.78 is 10.4. The van der Waals surface area contributed by atoms with Crippen LogP contribution in [0.4, 0.5) is 0 Å². The topological polar surface area (TPSA) is 109 Å². The first-order chi connectivity index (χ1) is 13.1. The molecular weight excluding hydrogens is 350 g/mol. The first kappa shape index (κ1) is 19.7. The van der Waals surface area contributed by atoms with Crippen LogP contribution in [0.5, 0.6) is 11.5 Å². The van der Waals surface area contributed by atoms with E-state index in [1.54, 1.807) is 49.6 Å². The normalized spacial score (nSPS) is 10.8. The molecule has 8 nitrogen and oxygen atoms in total. The van der Waals surface area contributed by atoms with Gasteiger partial charge < -0.3 is 9.47 Å². The van der Waals surface area contributed by atoms with Crippen LogP contribution in [0, 0.1) is 0 Å². The minimum absolute atomic E-state index is 0.367. The summed E-state index contributed by atoms with van der Waals surface area (Å²) in [5, 5.41) is 12.4. The van der Waals surface area contributed by atoms with Gasteiger partial charge in [-0.3, -0.25) is 14.8 Å². The van der Waals surface area contributed by atoms with Crippen molar-refractivity contribution in [2.45, 2.75) is 0 Å². The predicted octanol–water partition coefficient (Wildman–Crippen LogP) is 1.99. The maximum absolute atomic E-state index is 12.2. The molecular formula is C19H19N3O5.